The van der Waals surface area contributed by atoms with Crippen LogP contribution in [0.4, 0.5) is 0 Å². The molecule has 0 amide bonds. The Kier molecular flexibility index (Phi) is 10.2. The fourth-order valence-electron chi connectivity index (χ4n) is 7.47. The van der Waals surface area contributed by atoms with Crippen LogP contribution < -0.4 is 10.1 Å². The number of likely N-dealkylation sites (tertiary alicyclic amines) is 2. The van der Waals surface area contributed by atoms with Crippen molar-refractivity contribution in [2.75, 3.05) is 45.8 Å². The number of piperidine rings is 3. The number of para-hydroxylation sites is 1. The summed E-state index contributed by atoms with van der Waals surface area (Å²) in [7, 11) is 0. The van der Waals surface area contributed by atoms with E-state index in [1.807, 2.05) is 24.3 Å². The first-order chi connectivity index (χ1) is 20.7. The van der Waals surface area contributed by atoms with Crippen LogP contribution in [-0.4, -0.2) is 72.0 Å². The lowest BCUT2D eigenvalue weighted by molar-refractivity contribution is 0.0774. The van der Waals surface area contributed by atoms with Gasteiger partial charge in [0.1, 0.15) is 12.4 Å². The zero-order valence-electron chi connectivity index (χ0n) is 25.0. The van der Waals surface area contributed by atoms with Crippen LogP contribution in [-0.2, 0) is 13.2 Å². The van der Waals surface area contributed by atoms with Crippen molar-refractivity contribution in [1.29, 1.82) is 0 Å². The highest BCUT2D eigenvalue weighted by Gasteiger charge is 2.29. The second kappa shape index (κ2) is 14.4. The Morgan fingerprint density at radius 1 is 0.929 bits per heavy atom. The average Bonchev–Trinajstić information content (AvgIpc) is 3.35. The summed E-state index contributed by atoms with van der Waals surface area (Å²) in [6, 6.07) is 16.6. The van der Waals surface area contributed by atoms with E-state index in [1.54, 1.807) is 0 Å². The summed E-state index contributed by atoms with van der Waals surface area (Å²) in [5.41, 5.74) is 2.99. The minimum atomic E-state index is 0.215. The van der Waals surface area contributed by atoms with E-state index in [0.29, 0.717) is 24.2 Å². The fraction of sp³-hybridized carbons (Fsp3) is 0.571. The molecule has 3 aromatic rings. The highest BCUT2D eigenvalue weighted by atomic mass is 35.5. The molecule has 0 saturated carbocycles. The second-order valence-electron chi connectivity index (χ2n) is 12.6. The Labute approximate surface area is 256 Å². The fourth-order valence-corrected chi connectivity index (χ4v) is 7.60. The maximum absolute atomic E-state index is 14.2. The molecule has 1 aromatic heterocycles. The molecule has 7 heteroatoms. The number of aryl methyl sites for hydroxylation is 1. The minimum Gasteiger partial charge on any atom is -0.487 e. The van der Waals surface area contributed by atoms with Crippen LogP contribution in [0.1, 0.15) is 73.8 Å². The molecule has 0 radical (unpaired) electrons. The molecule has 226 valence electrons. The third kappa shape index (κ3) is 7.21. The summed E-state index contributed by atoms with van der Waals surface area (Å²) >= 11 is 6.13. The molecule has 3 fully saturated rings. The Morgan fingerprint density at radius 2 is 1.71 bits per heavy atom. The Bertz CT molecular complexity index is 1300. The summed E-state index contributed by atoms with van der Waals surface area (Å²) in [6.07, 6.45) is 11.2. The van der Waals surface area contributed by atoms with Crippen molar-refractivity contribution >= 4 is 28.3 Å². The zero-order chi connectivity index (χ0) is 28.7. The topological polar surface area (TPSA) is 49.7 Å². The predicted molar refractivity (Wildman–Crippen MR) is 172 cm³/mol. The monoisotopic (exact) mass is 590 g/mol. The summed E-state index contributed by atoms with van der Waals surface area (Å²) in [4.78, 5) is 19.3. The summed E-state index contributed by atoms with van der Waals surface area (Å²) in [5.74, 6) is 1.72. The van der Waals surface area contributed by atoms with Crippen molar-refractivity contribution in [1.82, 2.24) is 19.7 Å². The molecule has 1 atom stereocenters. The maximum Gasteiger partial charge on any atom is 0.179 e. The molecule has 2 aromatic carbocycles. The highest BCUT2D eigenvalue weighted by Crippen LogP contribution is 2.30. The van der Waals surface area contributed by atoms with Crippen LogP contribution >= 0.6 is 11.6 Å². The van der Waals surface area contributed by atoms with Gasteiger partial charge in [-0.25, -0.2) is 0 Å². The average molecular weight is 591 g/mol. The van der Waals surface area contributed by atoms with Gasteiger partial charge >= 0.3 is 0 Å². The lowest BCUT2D eigenvalue weighted by Gasteiger charge is -2.40. The smallest absolute Gasteiger partial charge is 0.179 e. The molecule has 0 bridgehead atoms. The number of hydrogen-bond donors (Lipinski definition) is 1. The molecular formula is C35H47ClN4O2. The number of aromatic nitrogens is 1. The Balaban J connectivity index is 1.21. The SMILES string of the molecule is O=C(CN1CCC(N2CCCCC2)CC1)c1c(COc2ccc(Cl)cc2)n(CCCC2CCCNC2)c2ccccc12. The quantitative estimate of drug-likeness (QED) is 0.249. The molecule has 6 nitrogen and oxygen atoms in total. The number of fused-ring (bicyclic) bond motifs is 1. The van der Waals surface area contributed by atoms with Crippen molar-refractivity contribution in [2.24, 2.45) is 5.92 Å². The number of Topliss-reactive ketones (excluding diaryl/α,β-unsaturated/α-hetero) is 1. The molecule has 4 heterocycles. The molecule has 1 N–H and O–H groups in total. The van der Waals surface area contributed by atoms with Crippen LogP contribution in [0.3, 0.4) is 0 Å². The Hall–Kier alpha value is -2.38. The molecule has 42 heavy (non-hydrogen) atoms. The molecule has 3 saturated heterocycles. The first-order valence-electron chi connectivity index (χ1n) is 16.3. The van der Waals surface area contributed by atoms with E-state index in [4.69, 9.17) is 16.3 Å². The molecule has 3 aliphatic heterocycles. The molecule has 0 spiro atoms. The minimum absolute atomic E-state index is 0.215. The van der Waals surface area contributed by atoms with Crippen LogP contribution in [0.5, 0.6) is 5.75 Å². The predicted octanol–water partition coefficient (Wildman–Crippen LogP) is 6.79. The van der Waals surface area contributed by atoms with Gasteiger partial charge in [-0.15, -0.1) is 0 Å². The van der Waals surface area contributed by atoms with Gasteiger partial charge in [0.05, 0.1) is 17.8 Å². The van der Waals surface area contributed by atoms with E-state index in [2.05, 4.69) is 43.9 Å². The summed E-state index contributed by atoms with van der Waals surface area (Å²) in [6.45, 7) is 8.49. The zero-order valence-corrected chi connectivity index (χ0v) is 25.8. The number of halogens is 1. The van der Waals surface area contributed by atoms with Crippen LogP contribution in [0.2, 0.25) is 5.02 Å². The van der Waals surface area contributed by atoms with Gasteiger partial charge in [0.15, 0.2) is 5.78 Å². The number of nitrogens with zero attached hydrogens (tertiary/aromatic N) is 3. The van der Waals surface area contributed by atoms with Gasteiger partial charge < -0.3 is 19.5 Å². The van der Waals surface area contributed by atoms with E-state index in [-0.39, 0.29) is 5.78 Å². The number of rotatable bonds is 11. The van der Waals surface area contributed by atoms with E-state index in [0.717, 1.165) is 85.8 Å². The largest absolute Gasteiger partial charge is 0.487 e. The van der Waals surface area contributed by atoms with Crippen molar-refractivity contribution in [3.8, 4) is 5.75 Å². The lowest BCUT2D eigenvalue weighted by Crippen LogP contribution is -2.47. The number of carbonyl (C=O) groups is 1. The second-order valence-corrected chi connectivity index (χ2v) is 13.1. The third-order valence-electron chi connectivity index (χ3n) is 9.77. The van der Waals surface area contributed by atoms with E-state index >= 15 is 0 Å². The van der Waals surface area contributed by atoms with Crippen LogP contribution in [0, 0.1) is 5.92 Å². The maximum atomic E-state index is 14.2. The molecule has 6 rings (SSSR count). The van der Waals surface area contributed by atoms with Gasteiger partial charge in [0, 0.05) is 41.6 Å². The number of benzene rings is 2. The van der Waals surface area contributed by atoms with Crippen molar-refractivity contribution in [3.05, 3.63) is 64.8 Å². The summed E-state index contributed by atoms with van der Waals surface area (Å²) < 4.78 is 8.69. The summed E-state index contributed by atoms with van der Waals surface area (Å²) in [5, 5.41) is 5.30. The number of ketones is 1. The van der Waals surface area contributed by atoms with E-state index < -0.39 is 0 Å². The van der Waals surface area contributed by atoms with Gasteiger partial charge in [0.25, 0.3) is 0 Å². The van der Waals surface area contributed by atoms with Crippen molar-refractivity contribution < 1.29 is 9.53 Å². The third-order valence-corrected chi connectivity index (χ3v) is 10.0. The van der Waals surface area contributed by atoms with Crippen LogP contribution in [0.25, 0.3) is 10.9 Å². The van der Waals surface area contributed by atoms with Crippen molar-refractivity contribution in [3.63, 3.8) is 0 Å². The van der Waals surface area contributed by atoms with Gasteiger partial charge in [-0.3, -0.25) is 9.69 Å². The first kappa shape index (κ1) is 29.7. The van der Waals surface area contributed by atoms with E-state index in [9.17, 15) is 4.79 Å². The molecular weight excluding hydrogens is 544 g/mol. The standard InChI is InChI=1S/C35H47ClN4O2/c36-28-12-14-30(15-13-28)42-26-33-35(34(41)25-38-22-16-29(17-23-38)39-19-4-1-5-20-39)31-10-2-3-11-32(31)40(33)21-7-9-27-8-6-18-37-24-27/h2-3,10-15,27,29,37H,1,4-9,16-26H2. The normalized spacial score (nSPS) is 21.1. The van der Waals surface area contributed by atoms with Gasteiger partial charge in [-0.05, 0) is 114 Å². The number of carbonyl (C=O) groups excluding carboxylic acids is 1. The van der Waals surface area contributed by atoms with Gasteiger partial charge in [-0.2, -0.15) is 0 Å². The number of nitrogens with one attached hydrogen (secondary N) is 1. The van der Waals surface area contributed by atoms with Crippen molar-refractivity contribution in [2.45, 2.75) is 77.0 Å². The number of ether oxygens (including phenoxy) is 1. The highest BCUT2D eigenvalue weighted by molar-refractivity contribution is 6.30. The first-order valence-corrected chi connectivity index (χ1v) is 16.7. The van der Waals surface area contributed by atoms with Gasteiger partial charge in [-0.1, -0.05) is 36.2 Å². The molecule has 1 unspecified atom stereocenters. The Morgan fingerprint density at radius 3 is 2.48 bits per heavy atom. The lowest BCUT2D eigenvalue weighted by atomic mass is 9.95. The molecule has 3 aliphatic rings. The van der Waals surface area contributed by atoms with Crippen LogP contribution in [0.15, 0.2) is 48.5 Å². The number of hydrogen-bond acceptors (Lipinski definition) is 5. The van der Waals surface area contributed by atoms with Gasteiger partial charge in [0.2, 0.25) is 0 Å². The van der Waals surface area contributed by atoms with E-state index in [1.165, 1.54) is 51.6 Å². The molecule has 0 aliphatic carbocycles.